The van der Waals surface area contributed by atoms with Crippen LogP contribution in [0.2, 0.25) is 19.6 Å². The summed E-state index contributed by atoms with van der Waals surface area (Å²) in [7, 11) is -1.65. The third-order valence-corrected chi connectivity index (χ3v) is 2.01. The molecule has 0 N–H and O–H groups in total. The van der Waals surface area contributed by atoms with E-state index in [1.54, 1.807) is 0 Å². The fraction of sp³-hybridized carbons (Fsp3) is 0.600. The zero-order valence-corrected chi connectivity index (χ0v) is 7.37. The SMILES string of the molecule is C[Si](C)(C)/C=C\[B-](F)(F)F. The van der Waals surface area contributed by atoms with Gasteiger partial charge in [-0.25, -0.2) is 0 Å². The molecule has 0 aromatic carbocycles. The van der Waals surface area contributed by atoms with Crippen LogP contribution in [0.3, 0.4) is 0 Å². The van der Waals surface area contributed by atoms with Crippen molar-refractivity contribution in [1.29, 1.82) is 0 Å². The van der Waals surface area contributed by atoms with Gasteiger partial charge in [0.1, 0.15) is 0 Å². The van der Waals surface area contributed by atoms with Gasteiger partial charge in [-0.15, -0.1) is 5.70 Å². The van der Waals surface area contributed by atoms with Gasteiger partial charge in [0.25, 0.3) is 0 Å². The molecule has 0 saturated heterocycles. The lowest BCUT2D eigenvalue weighted by atomic mass is 9.93. The minimum absolute atomic E-state index is 0.395. The molecule has 0 aromatic rings. The molecule has 60 valence electrons. The molecule has 0 unspecified atom stereocenters. The van der Waals surface area contributed by atoms with Crippen LogP contribution in [-0.2, 0) is 0 Å². The molecule has 0 bridgehead atoms. The van der Waals surface area contributed by atoms with E-state index in [4.69, 9.17) is 0 Å². The Morgan fingerprint density at radius 3 is 1.60 bits per heavy atom. The van der Waals surface area contributed by atoms with E-state index < -0.39 is 15.1 Å². The summed E-state index contributed by atoms with van der Waals surface area (Å²) in [4.78, 5) is 0. The molecule has 0 nitrogen and oxygen atoms in total. The fourth-order valence-corrected chi connectivity index (χ4v) is 1.19. The first-order valence-corrected chi connectivity index (χ1v) is 6.69. The Labute approximate surface area is 60.2 Å². The van der Waals surface area contributed by atoms with Gasteiger partial charge < -0.3 is 12.9 Å². The summed E-state index contributed by atoms with van der Waals surface area (Å²) < 4.78 is 34.8. The van der Waals surface area contributed by atoms with Crippen molar-refractivity contribution in [2.24, 2.45) is 0 Å². The van der Waals surface area contributed by atoms with E-state index in [2.05, 4.69) is 0 Å². The Bertz CT molecular complexity index is 117. The summed E-state index contributed by atoms with van der Waals surface area (Å²) in [6, 6.07) is 0. The number of rotatable bonds is 2. The first-order valence-electron chi connectivity index (χ1n) is 3.11. The van der Waals surface area contributed by atoms with Crippen LogP contribution in [0.15, 0.2) is 11.7 Å². The minimum Gasteiger partial charge on any atom is -0.445 e. The molecule has 0 radical (unpaired) electrons. The number of halogens is 3. The van der Waals surface area contributed by atoms with Gasteiger partial charge in [-0.05, 0) is 0 Å². The molecule has 0 aliphatic rings. The van der Waals surface area contributed by atoms with Crippen LogP contribution < -0.4 is 0 Å². The second-order valence-corrected chi connectivity index (χ2v) is 8.42. The molecule has 10 heavy (non-hydrogen) atoms. The zero-order valence-electron chi connectivity index (χ0n) is 6.37. The smallest absolute Gasteiger partial charge is 0.445 e. The van der Waals surface area contributed by atoms with Crippen molar-refractivity contribution in [3.05, 3.63) is 11.7 Å². The third-order valence-electron chi connectivity index (χ3n) is 0.814. The molecule has 0 saturated carbocycles. The van der Waals surface area contributed by atoms with Crippen LogP contribution in [0, 0.1) is 0 Å². The van der Waals surface area contributed by atoms with Gasteiger partial charge in [0, 0.05) is 0 Å². The van der Waals surface area contributed by atoms with Gasteiger partial charge in [-0.3, -0.25) is 0 Å². The highest BCUT2D eigenvalue weighted by Gasteiger charge is 2.19. The summed E-state index contributed by atoms with van der Waals surface area (Å²) in [5, 5.41) is 0. The molecule has 0 fully saturated rings. The maximum absolute atomic E-state index is 11.6. The first kappa shape index (κ1) is 9.81. The molecular formula is C5H11BF3Si-. The van der Waals surface area contributed by atoms with Crippen molar-refractivity contribution < 1.29 is 12.9 Å². The van der Waals surface area contributed by atoms with Crippen molar-refractivity contribution in [3.63, 3.8) is 0 Å². The number of hydrogen-bond acceptors (Lipinski definition) is 0. The Hall–Kier alpha value is -0.188. The van der Waals surface area contributed by atoms with Gasteiger partial charge in [0.15, 0.2) is 0 Å². The van der Waals surface area contributed by atoms with Gasteiger partial charge in [-0.2, -0.15) is 5.98 Å². The lowest BCUT2D eigenvalue weighted by molar-refractivity contribution is 0.498. The monoisotopic (exact) mass is 167 g/mol. The molecule has 0 amide bonds. The summed E-state index contributed by atoms with van der Waals surface area (Å²) in [6.07, 6.45) is 0. The summed E-state index contributed by atoms with van der Waals surface area (Å²) in [5.41, 5.74) is 1.31. The van der Waals surface area contributed by atoms with Crippen LogP contribution in [0.1, 0.15) is 0 Å². The zero-order chi connectivity index (χ0) is 8.41. The topological polar surface area (TPSA) is 0 Å². The largest absolute Gasteiger partial charge is 0.501 e. The van der Waals surface area contributed by atoms with Gasteiger partial charge >= 0.3 is 6.98 Å². The Morgan fingerprint density at radius 1 is 1.10 bits per heavy atom. The van der Waals surface area contributed by atoms with Crippen molar-refractivity contribution in [2.75, 3.05) is 0 Å². The van der Waals surface area contributed by atoms with E-state index >= 15 is 0 Å². The van der Waals surface area contributed by atoms with Crippen LogP contribution in [0.4, 0.5) is 12.9 Å². The van der Waals surface area contributed by atoms with E-state index in [1.807, 2.05) is 19.6 Å². The molecule has 5 heteroatoms. The summed E-state index contributed by atoms with van der Waals surface area (Å²) in [5.74, 6) is 0.395. The molecule has 0 atom stereocenters. The van der Waals surface area contributed by atoms with Crippen molar-refractivity contribution in [1.82, 2.24) is 0 Å². The highest BCUT2D eigenvalue weighted by molar-refractivity contribution is 6.82. The molecule has 0 aliphatic heterocycles. The second-order valence-electron chi connectivity index (χ2n) is 3.35. The predicted octanol–water partition coefficient (Wildman–Crippen LogP) is 2.81. The van der Waals surface area contributed by atoms with Crippen molar-refractivity contribution in [3.8, 4) is 0 Å². The summed E-state index contributed by atoms with van der Waals surface area (Å²) in [6.45, 7) is 0.887. The Balaban J connectivity index is 4.01. The Morgan fingerprint density at radius 2 is 1.50 bits per heavy atom. The van der Waals surface area contributed by atoms with Crippen LogP contribution in [0.25, 0.3) is 0 Å². The molecule has 0 heterocycles. The van der Waals surface area contributed by atoms with Crippen LogP contribution in [-0.4, -0.2) is 15.1 Å². The van der Waals surface area contributed by atoms with E-state index in [0.29, 0.717) is 5.98 Å². The maximum Gasteiger partial charge on any atom is 0.501 e. The van der Waals surface area contributed by atoms with E-state index in [1.165, 1.54) is 5.70 Å². The fourth-order valence-electron chi connectivity index (χ4n) is 0.398. The normalized spacial score (nSPS) is 14.6. The highest BCUT2D eigenvalue weighted by Crippen LogP contribution is 2.12. The average molecular weight is 167 g/mol. The lowest BCUT2D eigenvalue weighted by Crippen LogP contribution is -2.19. The van der Waals surface area contributed by atoms with E-state index in [9.17, 15) is 12.9 Å². The van der Waals surface area contributed by atoms with Gasteiger partial charge in [-0.1, -0.05) is 19.6 Å². The average Bonchev–Trinajstić information content (AvgIpc) is 1.57. The van der Waals surface area contributed by atoms with Crippen LogP contribution in [0.5, 0.6) is 0 Å². The first-order chi connectivity index (χ1) is 4.21. The maximum atomic E-state index is 11.6. The molecular weight excluding hydrogens is 156 g/mol. The van der Waals surface area contributed by atoms with E-state index in [-0.39, 0.29) is 0 Å². The number of hydrogen-bond donors (Lipinski definition) is 0. The highest BCUT2D eigenvalue weighted by atomic mass is 28.3. The third kappa shape index (κ3) is 7.81. The predicted molar refractivity (Wildman–Crippen MR) is 41.6 cm³/mol. The summed E-state index contributed by atoms with van der Waals surface area (Å²) >= 11 is 0. The van der Waals surface area contributed by atoms with E-state index in [0.717, 1.165) is 0 Å². The van der Waals surface area contributed by atoms with Crippen LogP contribution >= 0.6 is 0 Å². The van der Waals surface area contributed by atoms with Gasteiger partial charge in [0.05, 0.1) is 8.07 Å². The molecule has 0 spiro atoms. The van der Waals surface area contributed by atoms with Crippen molar-refractivity contribution in [2.45, 2.75) is 19.6 Å². The molecule has 0 aromatic heterocycles. The molecule has 0 aliphatic carbocycles. The van der Waals surface area contributed by atoms with Gasteiger partial charge in [0.2, 0.25) is 0 Å². The minimum atomic E-state index is -4.71. The Kier molecular flexibility index (Phi) is 2.77. The lowest BCUT2D eigenvalue weighted by Gasteiger charge is -2.12. The quantitative estimate of drug-likeness (QED) is 0.554. The standard InChI is InChI=1S/C5H11BF3Si/c1-10(2,3)5-4-6(7,8)9/h4-5H,1-3H3/q-1/b5-4-. The van der Waals surface area contributed by atoms with Crippen molar-refractivity contribution >= 4 is 15.1 Å². The molecule has 0 rings (SSSR count). The second kappa shape index (κ2) is 2.82.